The highest BCUT2D eigenvalue weighted by molar-refractivity contribution is 5.86. The first-order valence-corrected chi connectivity index (χ1v) is 4.81. The van der Waals surface area contributed by atoms with Crippen molar-refractivity contribution < 1.29 is 22.7 Å². The zero-order valence-corrected chi connectivity index (χ0v) is 8.99. The molecule has 0 spiro atoms. The van der Waals surface area contributed by atoms with Crippen LogP contribution in [0.5, 0.6) is 0 Å². The predicted molar refractivity (Wildman–Crippen MR) is 54.9 cm³/mol. The van der Waals surface area contributed by atoms with Crippen molar-refractivity contribution in [2.24, 2.45) is 0 Å². The fourth-order valence-electron chi connectivity index (χ4n) is 1.06. The van der Waals surface area contributed by atoms with E-state index in [-0.39, 0.29) is 12.2 Å². The monoisotopic (exact) mass is 245 g/mol. The molecule has 0 aliphatic carbocycles. The molecule has 3 nitrogen and oxygen atoms in total. The lowest BCUT2D eigenvalue weighted by Crippen LogP contribution is -2.07. The van der Waals surface area contributed by atoms with Crippen LogP contribution in [0.4, 0.5) is 13.2 Å². The summed E-state index contributed by atoms with van der Waals surface area (Å²) in [6.45, 7) is 1.85. The summed E-state index contributed by atoms with van der Waals surface area (Å²) in [6.07, 6.45) is -1.14. The summed E-state index contributed by atoms with van der Waals surface area (Å²) >= 11 is 0. The van der Waals surface area contributed by atoms with Crippen LogP contribution in [-0.2, 0) is 15.7 Å². The lowest BCUT2D eigenvalue weighted by Gasteiger charge is -2.05. The molecule has 0 saturated heterocycles. The standard InChI is InChI=1S/C11H10F3NO2/c1-2-17-10(16)4-3-8-5-6-15-9(7-8)11(12,13)14/h3-7H,2H2,1H3/b4-3+. The van der Waals surface area contributed by atoms with Crippen molar-refractivity contribution in [2.45, 2.75) is 13.1 Å². The van der Waals surface area contributed by atoms with E-state index in [2.05, 4.69) is 9.72 Å². The average molecular weight is 245 g/mol. The van der Waals surface area contributed by atoms with Crippen molar-refractivity contribution in [3.8, 4) is 0 Å². The highest BCUT2D eigenvalue weighted by Gasteiger charge is 2.32. The van der Waals surface area contributed by atoms with Gasteiger partial charge in [0.1, 0.15) is 5.69 Å². The van der Waals surface area contributed by atoms with Crippen molar-refractivity contribution in [2.75, 3.05) is 6.61 Å². The highest BCUT2D eigenvalue weighted by atomic mass is 19.4. The number of rotatable bonds is 3. The Morgan fingerprint density at radius 2 is 2.24 bits per heavy atom. The van der Waals surface area contributed by atoms with Crippen molar-refractivity contribution in [1.29, 1.82) is 0 Å². The van der Waals surface area contributed by atoms with Crippen LogP contribution in [0.1, 0.15) is 18.2 Å². The summed E-state index contributed by atoms with van der Waals surface area (Å²) in [6, 6.07) is 2.22. The van der Waals surface area contributed by atoms with Gasteiger partial charge in [0.2, 0.25) is 0 Å². The van der Waals surface area contributed by atoms with E-state index in [9.17, 15) is 18.0 Å². The van der Waals surface area contributed by atoms with Crippen LogP contribution in [0.3, 0.4) is 0 Å². The minimum Gasteiger partial charge on any atom is -0.463 e. The van der Waals surface area contributed by atoms with Crippen molar-refractivity contribution >= 4 is 12.0 Å². The number of hydrogen-bond acceptors (Lipinski definition) is 3. The normalized spacial score (nSPS) is 11.8. The van der Waals surface area contributed by atoms with Crippen LogP contribution in [0.15, 0.2) is 24.4 Å². The fourth-order valence-corrected chi connectivity index (χ4v) is 1.06. The van der Waals surface area contributed by atoms with Gasteiger partial charge in [0.25, 0.3) is 0 Å². The summed E-state index contributed by atoms with van der Waals surface area (Å²) < 4.78 is 41.5. The van der Waals surface area contributed by atoms with Gasteiger partial charge in [0.05, 0.1) is 6.61 Å². The quantitative estimate of drug-likeness (QED) is 0.607. The summed E-state index contributed by atoms with van der Waals surface area (Å²) in [4.78, 5) is 14.2. The number of nitrogens with zero attached hydrogens (tertiary/aromatic N) is 1. The van der Waals surface area contributed by atoms with Gasteiger partial charge < -0.3 is 4.74 Å². The summed E-state index contributed by atoms with van der Waals surface area (Å²) in [7, 11) is 0. The molecule has 0 aromatic carbocycles. The van der Waals surface area contributed by atoms with Gasteiger partial charge in [-0.15, -0.1) is 0 Å². The minimum absolute atomic E-state index is 0.216. The number of aromatic nitrogens is 1. The van der Waals surface area contributed by atoms with Crippen molar-refractivity contribution in [1.82, 2.24) is 4.98 Å². The Hall–Kier alpha value is -1.85. The van der Waals surface area contributed by atoms with Gasteiger partial charge in [-0.1, -0.05) is 0 Å². The van der Waals surface area contributed by atoms with Gasteiger partial charge >= 0.3 is 12.1 Å². The van der Waals surface area contributed by atoms with Crippen LogP contribution in [-0.4, -0.2) is 17.6 Å². The zero-order valence-electron chi connectivity index (χ0n) is 8.99. The largest absolute Gasteiger partial charge is 0.463 e. The van der Waals surface area contributed by atoms with Crippen LogP contribution in [0.2, 0.25) is 0 Å². The summed E-state index contributed by atoms with van der Waals surface area (Å²) in [5.41, 5.74) is -0.760. The van der Waals surface area contributed by atoms with Crippen molar-refractivity contribution in [3.63, 3.8) is 0 Å². The molecule has 1 rings (SSSR count). The topological polar surface area (TPSA) is 39.2 Å². The van der Waals surface area contributed by atoms with E-state index < -0.39 is 17.8 Å². The van der Waals surface area contributed by atoms with Crippen LogP contribution in [0.25, 0.3) is 6.08 Å². The van der Waals surface area contributed by atoms with E-state index in [0.717, 1.165) is 18.3 Å². The second kappa shape index (κ2) is 5.47. The molecule has 1 aromatic heterocycles. The SMILES string of the molecule is CCOC(=O)/C=C/c1ccnc(C(F)(F)F)c1. The second-order valence-corrected chi connectivity index (χ2v) is 3.06. The maximum atomic E-state index is 12.3. The Labute approximate surface area is 95.9 Å². The summed E-state index contributed by atoms with van der Waals surface area (Å²) in [5, 5.41) is 0. The Morgan fingerprint density at radius 3 is 2.82 bits per heavy atom. The number of pyridine rings is 1. The predicted octanol–water partition coefficient (Wildman–Crippen LogP) is 2.68. The fraction of sp³-hybridized carbons (Fsp3) is 0.273. The minimum atomic E-state index is -4.49. The number of carbonyl (C=O) groups is 1. The molecule has 0 fully saturated rings. The number of alkyl halides is 3. The number of hydrogen-bond donors (Lipinski definition) is 0. The first-order valence-electron chi connectivity index (χ1n) is 4.81. The van der Waals surface area contributed by atoms with Crippen molar-refractivity contribution in [3.05, 3.63) is 35.7 Å². The van der Waals surface area contributed by atoms with Crippen LogP contribution in [0, 0.1) is 0 Å². The second-order valence-electron chi connectivity index (χ2n) is 3.06. The highest BCUT2D eigenvalue weighted by Crippen LogP contribution is 2.27. The molecular weight excluding hydrogens is 235 g/mol. The third-order valence-corrected chi connectivity index (χ3v) is 1.77. The first-order chi connectivity index (χ1) is 7.93. The van der Waals surface area contributed by atoms with E-state index in [0.29, 0.717) is 0 Å². The Morgan fingerprint density at radius 1 is 1.53 bits per heavy atom. The molecule has 0 amide bonds. The number of esters is 1. The van der Waals surface area contributed by atoms with Gasteiger partial charge in [-0.05, 0) is 30.7 Å². The van der Waals surface area contributed by atoms with Gasteiger partial charge in [0, 0.05) is 12.3 Å². The molecule has 1 aromatic rings. The molecule has 92 valence electrons. The average Bonchev–Trinajstić information content (AvgIpc) is 2.26. The Bertz CT molecular complexity index is 427. The molecule has 0 radical (unpaired) electrons. The van der Waals surface area contributed by atoms with E-state index in [1.54, 1.807) is 6.92 Å². The maximum Gasteiger partial charge on any atom is 0.433 e. The van der Waals surface area contributed by atoms with Gasteiger partial charge in [-0.25, -0.2) is 4.79 Å². The maximum absolute atomic E-state index is 12.3. The van der Waals surface area contributed by atoms with E-state index >= 15 is 0 Å². The molecular formula is C11H10F3NO2. The van der Waals surface area contributed by atoms with E-state index in [1.165, 1.54) is 12.1 Å². The summed E-state index contributed by atoms with van der Waals surface area (Å²) in [5.74, 6) is -0.599. The zero-order chi connectivity index (χ0) is 12.9. The van der Waals surface area contributed by atoms with Crippen LogP contribution < -0.4 is 0 Å². The lowest BCUT2D eigenvalue weighted by molar-refractivity contribution is -0.141. The van der Waals surface area contributed by atoms with Gasteiger partial charge in [-0.2, -0.15) is 13.2 Å². The third-order valence-electron chi connectivity index (χ3n) is 1.77. The Balaban J connectivity index is 2.83. The van der Waals surface area contributed by atoms with Gasteiger partial charge in [-0.3, -0.25) is 4.98 Å². The number of carbonyl (C=O) groups excluding carboxylic acids is 1. The molecule has 0 N–H and O–H groups in total. The number of ether oxygens (including phenoxy) is 1. The molecule has 0 aliphatic rings. The van der Waals surface area contributed by atoms with Gasteiger partial charge in [0.15, 0.2) is 0 Å². The molecule has 0 unspecified atom stereocenters. The van der Waals surface area contributed by atoms with E-state index in [4.69, 9.17) is 0 Å². The molecule has 6 heteroatoms. The molecule has 17 heavy (non-hydrogen) atoms. The molecule has 0 atom stereocenters. The Kier molecular flexibility index (Phi) is 4.25. The van der Waals surface area contributed by atoms with Crippen LogP contribution >= 0.6 is 0 Å². The smallest absolute Gasteiger partial charge is 0.433 e. The number of halogens is 3. The van der Waals surface area contributed by atoms with E-state index in [1.807, 2.05) is 0 Å². The molecule has 1 heterocycles. The molecule has 0 saturated carbocycles. The third kappa shape index (κ3) is 4.26. The lowest BCUT2D eigenvalue weighted by atomic mass is 10.2. The first kappa shape index (κ1) is 13.2. The molecule has 0 aliphatic heterocycles. The molecule has 0 bridgehead atoms.